The van der Waals surface area contributed by atoms with Gasteiger partial charge in [-0.05, 0) is 32.8 Å². The lowest BCUT2D eigenvalue weighted by Gasteiger charge is -2.23. The highest BCUT2D eigenvalue weighted by molar-refractivity contribution is 5.43. The predicted molar refractivity (Wildman–Crippen MR) is 56.7 cm³/mol. The van der Waals surface area contributed by atoms with Crippen LogP contribution >= 0.6 is 0 Å². The summed E-state index contributed by atoms with van der Waals surface area (Å²) in [5.41, 5.74) is 2.66. The SMILES string of the molecule is COC(C)(C)CC(C)=C1C=CC=C1. The van der Waals surface area contributed by atoms with Gasteiger partial charge in [0.15, 0.2) is 0 Å². The molecule has 0 heterocycles. The molecule has 1 heteroatoms. The summed E-state index contributed by atoms with van der Waals surface area (Å²) in [7, 11) is 1.76. The zero-order chi connectivity index (χ0) is 9.90. The normalized spacial score (nSPS) is 15.5. The molecule has 0 atom stereocenters. The number of hydrogen-bond acceptors (Lipinski definition) is 1. The molecule has 0 saturated heterocycles. The third kappa shape index (κ3) is 2.85. The van der Waals surface area contributed by atoms with Crippen molar-refractivity contribution in [2.75, 3.05) is 7.11 Å². The van der Waals surface area contributed by atoms with Crippen molar-refractivity contribution in [3.05, 3.63) is 35.5 Å². The van der Waals surface area contributed by atoms with Gasteiger partial charge in [0.25, 0.3) is 0 Å². The summed E-state index contributed by atoms with van der Waals surface area (Å²) in [6, 6.07) is 0. The van der Waals surface area contributed by atoms with Crippen LogP contribution in [0.3, 0.4) is 0 Å². The number of allylic oxidation sites excluding steroid dienone is 5. The van der Waals surface area contributed by atoms with Crippen LogP contribution in [0.1, 0.15) is 27.2 Å². The van der Waals surface area contributed by atoms with Crippen molar-refractivity contribution in [3.8, 4) is 0 Å². The van der Waals surface area contributed by atoms with Gasteiger partial charge in [0.1, 0.15) is 0 Å². The average Bonchev–Trinajstić information content (AvgIpc) is 2.55. The number of methoxy groups -OCH3 is 1. The van der Waals surface area contributed by atoms with Crippen LogP contribution < -0.4 is 0 Å². The van der Waals surface area contributed by atoms with E-state index in [2.05, 4.69) is 45.1 Å². The molecule has 1 aliphatic carbocycles. The summed E-state index contributed by atoms with van der Waals surface area (Å²) in [6.07, 6.45) is 9.40. The van der Waals surface area contributed by atoms with Gasteiger partial charge in [-0.1, -0.05) is 29.9 Å². The van der Waals surface area contributed by atoms with E-state index in [1.54, 1.807) is 7.11 Å². The van der Waals surface area contributed by atoms with Crippen LogP contribution in [0.5, 0.6) is 0 Å². The summed E-state index contributed by atoms with van der Waals surface area (Å²) in [4.78, 5) is 0. The second kappa shape index (κ2) is 3.93. The molecule has 0 radical (unpaired) electrons. The Morgan fingerprint density at radius 3 is 2.31 bits per heavy atom. The molecule has 0 N–H and O–H groups in total. The summed E-state index contributed by atoms with van der Waals surface area (Å²) < 4.78 is 5.39. The Morgan fingerprint density at radius 2 is 1.85 bits per heavy atom. The van der Waals surface area contributed by atoms with Gasteiger partial charge in [0.2, 0.25) is 0 Å². The van der Waals surface area contributed by atoms with Crippen LogP contribution in [-0.4, -0.2) is 12.7 Å². The molecule has 0 aromatic heterocycles. The highest BCUT2D eigenvalue weighted by atomic mass is 16.5. The average molecular weight is 178 g/mol. The van der Waals surface area contributed by atoms with Crippen molar-refractivity contribution >= 4 is 0 Å². The molecule has 13 heavy (non-hydrogen) atoms. The molecule has 72 valence electrons. The topological polar surface area (TPSA) is 9.23 Å². The fraction of sp³-hybridized carbons (Fsp3) is 0.500. The van der Waals surface area contributed by atoms with E-state index >= 15 is 0 Å². The fourth-order valence-corrected chi connectivity index (χ4v) is 1.47. The standard InChI is InChI=1S/C12H18O/c1-10(9-12(2,3)13-4)11-7-5-6-8-11/h5-8H,9H2,1-4H3. The van der Waals surface area contributed by atoms with E-state index in [-0.39, 0.29) is 5.60 Å². The minimum absolute atomic E-state index is 0.0542. The zero-order valence-corrected chi connectivity index (χ0v) is 8.92. The van der Waals surface area contributed by atoms with Gasteiger partial charge in [-0.2, -0.15) is 0 Å². The van der Waals surface area contributed by atoms with E-state index in [1.165, 1.54) is 11.1 Å². The maximum atomic E-state index is 5.39. The summed E-state index contributed by atoms with van der Waals surface area (Å²) in [5.74, 6) is 0. The highest BCUT2D eigenvalue weighted by Gasteiger charge is 2.17. The molecular formula is C12H18O. The van der Waals surface area contributed by atoms with E-state index in [9.17, 15) is 0 Å². The Hall–Kier alpha value is -0.820. The fourth-order valence-electron chi connectivity index (χ4n) is 1.47. The van der Waals surface area contributed by atoms with E-state index in [0.29, 0.717) is 0 Å². The van der Waals surface area contributed by atoms with E-state index in [0.717, 1.165) is 6.42 Å². The first-order valence-corrected chi connectivity index (χ1v) is 4.65. The summed E-state index contributed by atoms with van der Waals surface area (Å²) >= 11 is 0. The van der Waals surface area contributed by atoms with Gasteiger partial charge in [-0.15, -0.1) is 0 Å². The summed E-state index contributed by atoms with van der Waals surface area (Å²) in [5, 5.41) is 0. The molecule has 0 spiro atoms. The van der Waals surface area contributed by atoms with Crippen LogP contribution in [0.4, 0.5) is 0 Å². The van der Waals surface area contributed by atoms with Crippen LogP contribution in [0, 0.1) is 0 Å². The smallest absolute Gasteiger partial charge is 0.0659 e. The number of hydrogen-bond donors (Lipinski definition) is 0. The second-order valence-corrected chi connectivity index (χ2v) is 4.09. The maximum absolute atomic E-state index is 5.39. The molecule has 1 nitrogen and oxygen atoms in total. The number of rotatable bonds is 3. The Bertz CT molecular complexity index is 253. The predicted octanol–water partition coefficient (Wildman–Crippen LogP) is 3.24. The molecule has 0 amide bonds. The Labute approximate surface area is 80.8 Å². The van der Waals surface area contributed by atoms with Crippen molar-refractivity contribution in [3.63, 3.8) is 0 Å². The Kier molecular flexibility index (Phi) is 3.10. The van der Waals surface area contributed by atoms with Gasteiger partial charge in [-0.3, -0.25) is 0 Å². The number of ether oxygens (including phenoxy) is 1. The molecule has 0 bridgehead atoms. The molecule has 0 saturated carbocycles. The van der Waals surface area contributed by atoms with Crippen LogP contribution in [0.2, 0.25) is 0 Å². The largest absolute Gasteiger partial charge is 0.378 e. The lowest BCUT2D eigenvalue weighted by molar-refractivity contribution is 0.0232. The molecule has 0 fully saturated rings. The van der Waals surface area contributed by atoms with Crippen molar-refractivity contribution < 1.29 is 4.74 Å². The zero-order valence-electron chi connectivity index (χ0n) is 8.92. The van der Waals surface area contributed by atoms with Gasteiger partial charge < -0.3 is 4.74 Å². The molecule has 0 aliphatic heterocycles. The van der Waals surface area contributed by atoms with E-state index in [4.69, 9.17) is 4.74 Å². The van der Waals surface area contributed by atoms with Crippen molar-refractivity contribution in [1.82, 2.24) is 0 Å². The lowest BCUT2D eigenvalue weighted by Crippen LogP contribution is -2.22. The molecular weight excluding hydrogens is 160 g/mol. The second-order valence-electron chi connectivity index (χ2n) is 4.09. The third-order valence-corrected chi connectivity index (χ3v) is 2.40. The van der Waals surface area contributed by atoms with Gasteiger partial charge in [-0.25, -0.2) is 0 Å². The van der Waals surface area contributed by atoms with E-state index < -0.39 is 0 Å². The van der Waals surface area contributed by atoms with Crippen molar-refractivity contribution in [1.29, 1.82) is 0 Å². The monoisotopic (exact) mass is 178 g/mol. The molecule has 0 aromatic carbocycles. The van der Waals surface area contributed by atoms with Gasteiger partial charge in [0.05, 0.1) is 5.60 Å². The van der Waals surface area contributed by atoms with Gasteiger partial charge in [0, 0.05) is 7.11 Å². The lowest BCUT2D eigenvalue weighted by atomic mass is 9.96. The molecule has 0 unspecified atom stereocenters. The first-order valence-electron chi connectivity index (χ1n) is 4.65. The molecule has 1 aliphatic rings. The molecule has 0 aromatic rings. The van der Waals surface area contributed by atoms with Gasteiger partial charge >= 0.3 is 0 Å². The quantitative estimate of drug-likeness (QED) is 0.644. The van der Waals surface area contributed by atoms with Crippen LogP contribution in [0.15, 0.2) is 35.5 Å². The minimum Gasteiger partial charge on any atom is -0.378 e. The highest BCUT2D eigenvalue weighted by Crippen LogP contribution is 2.23. The first-order chi connectivity index (χ1) is 6.05. The Morgan fingerprint density at radius 1 is 1.31 bits per heavy atom. The van der Waals surface area contributed by atoms with Crippen LogP contribution in [-0.2, 0) is 4.74 Å². The van der Waals surface area contributed by atoms with E-state index in [1.807, 2.05) is 0 Å². The summed E-state index contributed by atoms with van der Waals surface area (Å²) in [6.45, 7) is 6.38. The minimum atomic E-state index is -0.0542. The van der Waals surface area contributed by atoms with Crippen molar-refractivity contribution in [2.24, 2.45) is 0 Å². The maximum Gasteiger partial charge on any atom is 0.0659 e. The Balaban J connectivity index is 2.69. The first kappa shape index (κ1) is 10.3. The third-order valence-electron chi connectivity index (χ3n) is 2.40. The van der Waals surface area contributed by atoms with Crippen molar-refractivity contribution in [2.45, 2.75) is 32.8 Å². The van der Waals surface area contributed by atoms with Crippen LogP contribution in [0.25, 0.3) is 0 Å². The molecule has 1 rings (SSSR count).